The van der Waals surface area contributed by atoms with E-state index in [0.717, 1.165) is 32.4 Å². The number of hydrogen-bond donors (Lipinski definition) is 1. The number of aromatic nitrogens is 1. The predicted molar refractivity (Wildman–Crippen MR) is 139 cm³/mol. The average molecular weight is 485 g/mol. The molecule has 3 heterocycles. The lowest BCUT2D eigenvalue weighted by atomic mass is 9.94. The molecule has 1 aliphatic carbocycles. The predicted octanol–water partition coefficient (Wildman–Crippen LogP) is 3.28. The van der Waals surface area contributed by atoms with Crippen LogP contribution in [0.25, 0.3) is 0 Å². The lowest BCUT2D eigenvalue weighted by Gasteiger charge is -2.46. The maximum Gasteiger partial charge on any atom is 0.278 e. The first kappa shape index (κ1) is 22.9. The Morgan fingerprint density at radius 3 is 2.17 bits per heavy atom. The lowest BCUT2D eigenvalue weighted by molar-refractivity contribution is 0.0590. The lowest BCUT2D eigenvalue weighted by Crippen LogP contribution is -2.58. The number of likely N-dealkylation sites (tertiary alicyclic amines) is 1. The van der Waals surface area contributed by atoms with Crippen molar-refractivity contribution in [3.05, 3.63) is 99.0 Å². The van der Waals surface area contributed by atoms with Crippen LogP contribution in [0.15, 0.2) is 65.6 Å². The van der Waals surface area contributed by atoms with E-state index in [1.54, 1.807) is 10.9 Å². The van der Waals surface area contributed by atoms with Crippen LogP contribution in [0.3, 0.4) is 0 Å². The van der Waals surface area contributed by atoms with Gasteiger partial charge in [0, 0.05) is 37.4 Å². The molecule has 1 atom stereocenters. The molecular formula is C29H32N4O3. The van der Waals surface area contributed by atoms with Gasteiger partial charge in [0.25, 0.3) is 5.91 Å². The highest BCUT2D eigenvalue weighted by Crippen LogP contribution is 2.38. The summed E-state index contributed by atoms with van der Waals surface area (Å²) < 4.78 is 1.72. The number of rotatable bonds is 3. The van der Waals surface area contributed by atoms with Gasteiger partial charge in [-0.3, -0.25) is 24.2 Å². The molecule has 0 spiro atoms. The van der Waals surface area contributed by atoms with E-state index in [2.05, 4.69) is 72.3 Å². The van der Waals surface area contributed by atoms with Crippen molar-refractivity contribution in [1.82, 2.24) is 14.5 Å². The second-order valence-corrected chi connectivity index (χ2v) is 10.4. The van der Waals surface area contributed by atoms with Gasteiger partial charge in [-0.1, -0.05) is 48.5 Å². The van der Waals surface area contributed by atoms with Crippen LogP contribution < -0.4 is 10.4 Å². The highest BCUT2D eigenvalue weighted by molar-refractivity contribution is 5.96. The summed E-state index contributed by atoms with van der Waals surface area (Å²) in [5, 5.41) is 13.0. The summed E-state index contributed by atoms with van der Waals surface area (Å²) in [7, 11) is 0. The van der Waals surface area contributed by atoms with Gasteiger partial charge in [-0.2, -0.15) is 0 Å². The molecule has 36 heavy (non-hydrogen) atoms. The zero-order valence-corrected chi connectivity index (χ0v) is 20.8. The number of fused-ring (bicyclic) bond motifs is 3. The van der Waals surface area contributed by atoms with Crippen LogP contribution in [0.5, 0.6) is 5.75 Å². The molecule has 0 bridgehead atoms. The van der Waals surface area contributed by atoms with Crippen molar-refractivity contribution >= 4 is 5.91 Å². The maximum absolute atomic E-state index is 13.8. The van der Waals surface area contributed by atoms with Gasteiger partial charge < -0.3 is 10.0 Å². The zero-order chi connectivity index (χ0) is 25.0. The van der Waals surface area contributed by atoms with Gasteiger partial charge in [-0.25, -0.2) is 0 Å². The second-order valence-electron chi connectivity index (χ2n) is 10.4. The Labute approximate surface area is 211 Å². The number of benzene rings is 2. The van der Waals surface area contributed by atoms with Crippen molar-refractivity contribution in [3.8, 4) is 5.75 Å². The monoisotopic (exact) mass is 484 g/mol. The van der Waals surface area contributed by atoms with Gasteiger partial charge in [0.05, 0.1) is 6.04 Å². The van der Waals surface area contributed by atoms with Crippen molar-refractivity contribution in [1.29, 1.82) is 0 Å². The van der Waals surface area contributed by atoms with Crippen molar-refractivity contribution in [2.45, 2.75) is 51.2 Å². The van der Waals surface area contributed by atoms with Crippen LogP contribution in [0.4, 0.5) is 0 Å². The number of hydrogen-bond acceptors (Lipinski definition) is 5. The molecule has 1 aromatic heterocycles. The Morgan fingerprint density at radius 1 is 0.917 bits per heavy atom. The quantitative estimate of drug-likeness (QED) is 0.618. The summed E-state index contributed by atoms with van der Waals surface area (Å²) in [6.45, 7) is 6.43. The standard InChI is InChI=1S/C29H32N4O3/c1-19(2)30-15-13-22(17-30)31-18-33(32-16-14-25(34)28(35)27(32)29(31)36)26-23-9-5-3-7-20(23)11-12-21-8-4-6-10-24(21)26/h3-10,14,16,19,22,26,35H,11-13,15,17-18H2,1-2H3/t22-/m1/s1. The van der Waals surface area contributed by atoms with E-state index in [0.29, 0.717) is 12.7 Å². The zero-order valence-electron chi connectivity index (χ0n) is 20.8. The molecule has 0 radical (unpaired) electrons. The Morgan fingerprint density at radius 2 is 1.56 bits per heavy atom. The summed E-state index contributed by atoms with van der Waals surface area (Å²) in [5.74, 6) is -0.765. The number of aromatic hydroxyl groups is 1. The molecule has 1 saturated heterocycles. The van der Waals surface area contributed by atoms with Gasteiger partial charge >= 0.3 is 0 Å². The molecule has 1 amide bonds. The van der Waals surface area contributed by atoms with Crippen molar-refractivity contribution < 1.29 is 9.90 Å². The highest BCUT2D eigenvalue weighted by atomic mass is 16.3. The smallest absolute Gasteiger partial charge is 0.278 e. The molecule has 1 fully saturated rings. The minimum atomic E-state index is -0.534. The Balaban J connectivity index is 1.53. The van der Waals surface area contributed by atoms with E-state index in [1.807, 2.05) is 4.90 Å². The molecule has 3 aromatic rings. The van der Waals surface area contributed by atoms with Crippen LogP contribution in [0.1, 0.15) is 59.1 Å². The first-order valence-corrected chi connectivity index (χ1v) is 12.9. The van der Waals surface area contributed by atoms with E-state index < -0.39 is 11.2 Å². The minimum absolute atomic E-state index is 0.0159. The number of amides is 1. The second kappa shape index (κ2) is 8.82. The minimum Gasteiger partial charge on any atom is -0.502 e. The number of nitrogens with zero attached hydrogens (tertiary/aromatic N) is 4. The molecule has 0 unspecified atom stereocenters. The summed E-state index contributed by atoms with van der Waals surface area (Å²) in [4.78, 5) is 30.5. The maximum atomic E-state index is 13.8. The van der Waals surface area contributed by atoms with Gasteiger partial charge in [0.2, 0.25) is 5.43 Å². The Kier molecular flexibility index (Phi) is 5.60. The molecule has 1 N–H and O–H groups in total. The summed E-state index contributed by atoms with van der Waals surface area (Å²) in [6.07, 6.45) is 4.38. The molecule has 7 heteroatoms. The third kappa shape index (κ3) is 3.61. The molecule has 0 saturated carbocycles. The number of carbonyl (C=O) groups is 1. The molecule has 6 rings (SSSR count). The SMILES string of the molecule is CC(C)N1CC[C@@H](N2CN(C3c4ccccc4CCc4ccccc43)n3ccc(=O)c(O)c3C2=O)C1. The molecular weight excluding hydrogens is 452 g/mol. The molecule has 2 aromatic carbocycles. The number of carbonyl (C=O) groups excluding carboxylic acids is 1. The van der Waals surface area contributed by atoms with Gasteiger partial charge in [-0.05, 0) is 55.4 Å². The number of pyridine rings is 1. The van der Waals surface area contributed by atoms with Gasteiger partial charge in [0.1, 0.15) is 6.67 Å². The van der Waals surface area contributed by atoms with E-state index in [-0.39, 0.29) is 23.7 Å². The summed E-state index contributed by atoms with van der Waals surface area (Å²) in [6, 6.07) is 18.6. The van der Waals surface area contributed by atoms with Gasteiger partial charge in [0.15, 0.2) is 11.4 Å². The van der Waals surface area contributed by atoms with Crippen molar-refractivity contribution in [2.75, 3.05) is 24.8 Å². The van der Waals surface area contributed by atoms with E-state index in [1.165, 1.54) is 28.3 Å². The van der Waals surface area contributed by atoms with E-state index in [9.17, 15) is 14.7 Å². The molecule has 2 aliphatic heterocycles. The van der Waals surface area contributed by atoms with Gasteiger partial charge in [-0.15, -0.1) is 0 Å². The first-order valence-electron chi connectivity index (χ1n) is 12.9. The largest absolute Gasteiger partial charge is 0.502 e. The fourth-order valence-electron chi connectivity index (χ4n) is 6.15. The van der Waals surface area contributed by atoms with E-state index >= 15 is 0 Å². The van der Waals surface area contributed by atoms with Crippen LogP contribution in [-0.2, 0) is 12.8 Å². The van der Waals surface area contributed by atoms with Crippen molar-refractivity contribution in [2.24, 2.45) is 0 Å². The normalized spacial score (nSPS) is 20.3. The summed E-state index contributed by atoms with van der Waals surface area (Å²) in [5.41, 5.74) is 4.46. The Bertz CT molecular complexity index is 1330. The highest BCUT2D eigenvalue weighted by Gasteiger charge is 2.42. The van der Waals surface area contributed by atoms with Crippen LogP contribution in [0.2, 0.25) is 0 Å². The van der Waals surface area contributed by atoms with Crippen LogP contribution >= 0.6 is 0 Å². The van der Waals surface area contributed by atoms with Crippen molar-refractivity contribution in [3.63, 3.8) is 0 Å². The first-order chi connectivity index (χ1) is 17.4. The topological polar surface area (TPSA) is 69.0 Å². The molecule has 186 valence electrons. The number of aryl methyl sites for hydroxylation is 2. The summed E-state index contributed by atoms with van der Waals surface area (Å²) >= 11 is 0. The third-order valence-corrected chi connectivity index (χ3v) is 8.12. The third-order valence-electron chi connectivity index (χ3n) is 8.12. The molecule has 3 aliphatic rings. The van der Waals surface area contributed by atoms with Crippen LogP contribution in [0, 0.1) is 0 Å². The fourth-order valence-corrected chi connectivity index (χ4v) is 6.15. The van der Waals surface area contributed by atoms with E-state index in [4.69, 9.17) is 0 Å². The Hall–Kier alpha value is -3.58. The average Bonchev–Trinajstić information content (AvgIpc) is 3.31. The van der Waals surface area contributed by atoms with Crippen LogP contribution in [-0.4, -0.2) is 57.3 Å². The molecule has 7 nitrogen and oxygen atoms in total. The fraction of sp³-hybridized carbons (Fsp3) is 0.379.